The number of allylic oxidation sites excluding steroid dienone is 1. The van der Waals surface area contributed by atoms with Crippen LogP contribution in [0.5, 0.6) is 0 Å². The summed E-state index contributed by atoms with van der Waals surface area (Å²) in [4.78, 5) is 22.2. The van der Waals surface area contributed by atoms with Crippen molar-refractivity contribution >= 4 is 17.8 Å². The van der Waals surface area contributed by atoms with Crippen molar-refractivity contribution in [2.75, 3.05) is 6.61 Å². The van der Waals surface area contributed by atoms with Crippen LogP contribution < -0.4 is 0 Å². The molecular weight excluding hydrogens is 264 g/mol. The number of aldehydes is 1. The number of hydrogen-bond acceptors (Lipinski definition) is 3. The van der Waals surface area contributed by atoms with Gasteiger partial charge in [-0.1, -0.05) is 45.0 Å². The minimum absolute atomic E-state index is 0.0896. The number of hydrogen-bond donors (Lipinski definition) is 0. The zero-order valence-electron chi connectivity index (χ0n) is 13.3. The van der Waals surface area contributed by atoms with Crippen LogP contribution in [0.3, 0.4) is 0 Å². The maximum Gasteiger partial charge on any atom is 0.331 e. The fourth-order valence-corrected chi connectivity index (χ4v) is 2.02. The van der Waals surface area contributed by atoms with Crippen LogP contribution in [0.25, 0.3) is 5.57 Å². The van der Waals surface area contributed by atoms with Gasteiger partial charge in [-0.25, -0.2) is 4.79 Å². The van der Waals surface area contributed by atoms with Crippen LogP contribution in [0.1, 0.15) is 51.7 Å². The summed E-state index contributed by atoms with van der Waals surface area (Å²) < 4.78 is 4.95. The Kier molecular flexibility index (Phi) is 6.35. The molecule has 114 valence electrons. The molecular formula is C18H24O3. The van der Waals surface area contributed by atoms with Crippen molar-refractivity contribution in [2.24, 2.45) is 0 Å². The molecule has 3 heteroatoms. The van der Waals surface area contributed by atoms with Crippen LogP contribution in [-0.4, -0.2) is 18.9 Å². The molecule has 0 saturated heterocycles. The predicted molar refractivity (Wildman–Crippen MR) is 85.1 cm³/mol. The largest absolute Gasteiger partial charge is 0.463 e. The lowest BCUT2D eigenvalue weighted by atomic mass is 9.86. The molecule has 21 heavy (non-hydrogen) atoms. The molecule has 0 aliphatic heterocycles. The summed E-state index contributed by atoms with van der Waals surface area (Å²) in [7, 11) is 0. The van der Waals surface area contributed by atoms with Crippen LogP contribution >= 0.6 is 0 Å². The third-order valence-electron chi connectivity index (χ3n) is 3.23. The van der Waals surface area contributed by atoms with Crippen LogP contribution in [0, 0.1) is 0 Å². The van der Waals surface area contributed by atoms with E-state index in [4.69, 9.17) is 4.74 Å². The van der Waals surface area contributed by atoms with Crippen molar-refractivity contribution in [3.8, 4) is 0 Å². The smallest absolute Gasteiger partial charge is 0.331 e. The first-order valence-corrected chi connectivity index (χ1v) is 7.30. The number of rotatable bonds is 6. The second-order valence-corrected chi connectivity index (χ2v) is 5.95. The Bertz CT molecular complexity index is 504. The fourth-order valence-electron chi connectivity index (χ4n) is 2.02. The van der Waals surface area contributed by atoms with E-state index in [1.165, 1.54) is 11.6 Å². The lowest BCUT2D eigenvalue weighted by Crippen LogP contribution is -2.10. The first kappa shape index (κ1) is 17.2. The summed E-state index contributed by atoms with van der Waals surface area (Å²) in [6, 6.07) is 8.12. The van der Waals surface area contributed by atoms with Crippen molar-refractivity contribution in [3.05, 3.63) is 41.5 Å². The summed E-state index contributed by atoms with van der Waals surface area (Å²) in [6.07, 6.45) is 3.28. The van der Waals surface area contributed by atoms with E-state index in [0.717, 1.165) is 17.4 Å². The van der Waals surface area contributed by atoms with Gasteiger partial charge in [0.05, 0.1) is 6.61 Å². The summed E-state index contributed by atoms with van der Waals surface area (Å²) in [6.45, 7) is 8.59. The molecule has 0 aliphatic rings. The highest BCUT2D eigenvalue weighted by molar-refractivity contribution is 5.91. The maximum absolute atomic E-state index is 11.6. The highest BCUT2D eigenvalue weighted by Crippen LogP contribution is 2.26. The molecule has 0 aliphatic carbocycles. The molecule has 0 fully saturated rings. The van der Waals surface area contributed by atoms with Crippen LogP contribution in [0.2, 0.25) is 0 Å². The molecule has 0 radical (unpaired) electrons. The molecule has 1 rings (SSSR count). The second kappa shape index (κ2) is 7.77. The molecule has 0 atom stereocenters. The zero-order valence-corrected chi connectivity index (χ0v) is 13.3. The Labute approximate surface area is 127 Å². The van der Waals surface area contributed by atoms with Gasteiger partial charge >= 0.3 is 5.97 Å². The van der Waals surface area contributed by atoms with E-state index in [-0.39, 0.29) is 11.4 Å². The summed E-state index contributed by atoms with van der Waals surface area (Å²) in [5.74, 6) is -0.363. The maximum atomic E-state index is 11.6. The highest BCUT2D eigenvalue weighted by Gasteiger charge is 2.13. The molecule has 1 aromatic carbocycles. The minimum atomic E-state index is -0.363. The molecule has 3 nitrogen and oxygen atoms in total. The van der Waals surface area contributed by atoms with E-state index in [1.54, 1.807) is 6.92 Å². The highest BCUT2D eigenvalue weighted by atomic mass is 16.5. The standard InChI is InChI=1S/C18H24O3/c1-5-21-17(20)13-15(7-6-12-19)14-8-10-16(11-9-14)18(2,3)4/h8-13H,5-7H2,1-4H3. The minimum Gasteiger partial charge on any atom is -0.463 e. The number of ether oxygens (including phenoxy) is 1. The topological polar surface area (TPSA) is 43.4 Å². The Morgan fingerprint density at radius 1 is 1.19 bits per heavy atom. The first-order chi connectivity index (χ1) is 9.88. The van der Waals surface area contributed by atoms with E-state index in [1.807, 2.05) is 12.1 Å². The molecule has 0 amide bonds. The summed E-state index contributed by atoms with van der Waals surface area (Å²) >= 11 is 0. The van der Waals surface area contributed by atoms with Gasteiger partial charge in [-0.2, -0.15) is 0 Å². The molecule has 0 saturated carbocycles. The Hall–Kier alpha value is -1.90. The molecule has 0 heterocycles. The van der Waals surface area contributed by atoms with Gasteiger partial charge in [-0.05, 0) is 35.5 Å². The molecule has 1 aromatic rings. The van der Waals surface area contributed by atoms with Crippen molar-refractivity contribution < 1.29 is 14.3 Å². The third kappa shape index (κ3) is 5.54. The molecule has 0 N–H and O–H groups in total. The van der Waals surface area contributed by atoms with Crippen molar-refractivity contribution in [2.45, 2.75) is 46.0 Å². The van der Waals surface area contributed by atoms with Crippen LogP contribution in [0.4, 0.5) is 0 Å². The van der Waals surface area contributed by atoms with Gasteiger partial charge in [0.25, 0.3) is 0 Å². The van der Waals surface area contributed by atoms with Gasteiger partial charge < -0.3 is 9.53 Å². The number of carbonyl (C=O) groups is 2. The number of esters is 1. The third-order valence-corrected chi connectivity index (χ3v) is 3.23. The van der Waals surface area contributed by atoms with Gasteiger partial charge in [-0.15, -0.1) is 0 Å². The zero-order chi connectivity index (χ0) is 15.9. The SMILES string of the molecule is CCOC(=O)C=C(CCC=O)c1ccc(C(C)(C)C)cc1. The predicted octanol–water partition coefficient (Wildman–Crippen LogP) is 3.91. The van der Waals surface area contributed by atoms with Gasteiger partial charge in [-0.3, -0.25) is 0 Å². The Morgan fingerprint density at radius 3 is 2.29 bits per heavy atom. The van der Waals surface area contributed by atoms with Gasteiger partial charge in [0.1, 0.15) is 6.29 Å². The first-order valence-electron chi connectivity index (χ1n) is 7.30. The van der Waals surface area contributed by atoms with E-state index in [2.05, 4.69) is 32.9 Å². The number of benzene rings is 1. The number of carbonyl (C=O) groups excluding carboxylic acids is 2. The van der Waals surface area contributed by atoms with Crippen molar-refractivity contribution in [3.63, 3.8) is 0 Å². The van der Waals surface area contributed by atoms with E-state index < -0.39 is 0 Å². The lowest BCUT2D eigenvalue weighted by molar-refractivity contribution is -0.137. The van der Waals surface area contributed by atoms with Gasteiger partial charge in [0, 0.05) is 12.5 Å². The monoisotopic (exact) mass is 288 g/mol. The van der Waals surface area contributed by atoms with Gasteiger partial charge in [0.2, 0.25) is 0 Å². The Balaban J connectivity index is 3.03. The van der Waals surface area contributed by atoms with E-state index in [9.17, 15) is 9.59 Å². The quantitative estimate of drug-likeness (QED) is 0.453. The van der Waals surface area contributed by atoms with Crippen LogP contribution in [0.15, 0.2) is 30.3 Å². The molecule has 0 unspecified atom stereocenters. The second-order valence-electron chi connectivity index (χ2n) is 5.95. The lowest BCUT2D eigenvalue weighted by Gasteiger charge is -2.19. The fraction of sp³-hybridized carbons (Fsp3) is 0.444. The summed E-state index contributed by atoms with van der Waals surface area (Å²) in [5.41, 5.74) is 3.11. The van der Waals surface area contributed by atoms with E-state index >= 15 is 0 Å². The Morgan fingerprint density at radius 2 is 1.81 bits per heavy atom. The van der Waals surface area contributed by atoms with E-state index in [0.29, 0.717) is 19.4 Å². The average Bonchev–Trinajstić information content (AvgIpc) is 2.43. The van der Waals surface area contributed by atoms with Crippen molar-refractivity contribution in [1.82, 2.24) is 0 Å². The van der Waals surface area contributed by atoms with Crippen LogP contribution in [-0.2, 0) is 19.7 Å². The van der Waals surface area contributed by atoms with Crippen molar-refractivity contribution in [1.29, 1.82) is 0 Å². The average molecular weight is 288 g/mol. The summed E-state index contributed by atoms with van der Waals surface area (Å²) in [5, 5.41) is 0. The molecule has 0 bridgehead atoms. The molecule has 0 spiro atoms. The van der Waals surface area contributed by atoms with Gasteiger partial charge in [0.15, 0.2) is 0 Å². The molecule has 0 aromatic heterocycles. The normalized spacial score (nSPS) is 12.1.